The smallest absolute Gasteiger partial charge is 0.278 e. The number of nitrogens with one attached hydrogen (secondary N) is 2. The maximum atomic E-state index is 12.5. The number of nitrogens with zero attached hydrogens (tertiary/aromatic N) is 2. The lowest BCUT2D eigenvalue weighted by atomic mass is 10.0. The molecule has 10 heteroatoms. The molecule has 1 heterocycles. The van der Waals surface area contributed by atoms with Gasteiger partial charge in [0.25, 0.3) is 10.2 Å². The zero-order chi connectivity index (χ0) is 24.4. The number of fused-ring (bicyclic) bond motifs is 1. The lowest BCUT2D eigenvalue weighted by molar-refractivity contribution is 0.506. The van der Waals surface area contributed by atoms with E-state index in [2.05, 4.69) is 34.1 Å². The average Bonchev–Trinajstić information content (AvgIpc) is 3.09. The molecular formula is C23H32N4O4S2. The van der Waals surface area contributed by atoms with Crippen molar-refractivity contribution in [2.75, 3.05) is 27.7 Å². The van der Waals surface area contributed by atoms with Crippen molar-refractivity contribution in [1.82, 2.24) is 18.3 Å². The lowest BCUT2D eigenvalue weighted by Crippen LogP contribution is -2.36. The van der Waals surface area contributed by atoms with Crippen LogP contribution in [-0.2, 0) is 33.2 Å². The summed E-state index contributed by atoms with van der Waals surface area (Å²) in [7, 11) is -2.71. The molecule has 0 unspecified atom stereocenters. The minimum absolute atomic E-state index is 0.229. The summed E-state index contributed by atoms with van der Waals surface area (Å²) < 4.78 is 57.5. The van der Waals surface area contributed by atoms with E-state index >= 15 is 0 Å². The Hall–Kier alpha value is -2.24. The summed E-state index contributed by atoms with van der Waals surface area (Å²) in [5.41, 5.74) is 3.46. The molecule has 2 N–H and O–H groups in total. The third-order valence-electron chi connectivity index (χ3n) is 5.44. The van der Waals surface area contributed by atoms with Crippen molar-refractivity contribution in [3.8, 4) is 11.1 Å². The Morgan fingerprint density at radius 3 is 2.36 bits per heavy atom. The normalized spacial score (nSPS) is 12.8. The highest BCUT2D eigenvalue weighted by Gasteiger charge is 2.19. The van der Waals surface area contributed by atoms with Crippen molar-refractivity contribution in [1.29, 1.82) is 0 Å². The maximum Gasteiger partial charge on any atom is 0.278 e. The predicted molar refractivity (Wildman–Crippen MR) is 133 cm³/mol. The molecule has 180 valence electrons. The second-order valence-electron chi connectivity index (χ2n) is 8.57. The number of hydrogen-bond donors (Lipinski definition) is 2. The first-order chi connectivity index (χ1) is 15.5. The summed E-state index contributed by atoms with van der Waals surface area (Å²) in [6.07, 6.45) is 2.60. The molecule has 0 aliphatic carbocycles. The minimum Gasteiger partial charge on any atom is -0.347 e. The van der Waals surface area contributed by atoms with Gasteiger partial charge in [-0.2, -0.15) is 12.7 Å². The van der Waals surface area contributed by atoms with Crippen molar-refractivity contribution in [3.63, 3.8) is 0 Å². The van der Waals surface area contributed by atoms with Crippen molar-refractivity contribution in [3.05, 3.63) is 54.2 Å². The van der Waals surface area contributed by atoms with Gasteiger partial charge in [0.2, 0.25) is 10.0 Å². The largest absolute Gasteiger partial charge is 0.347 e. The molecule has 0 amide bonds. The molecule has 0 fully saturated rings. The highest BCUT2D eigenvalue weighted by atomic mass is 32.2. The van der Waals surface area contributed by atoms with Gasteiger partial charge in [0.05, 0.1) is 4.90 Å². The van der Waals surface area contributed by atoms with E-state index < -0.39 is 20.2 Å². The van der Waals surface area contributed by atoms with Crippen LogP contribution in [0.3, 0.4) is 0 Å². The first-order valence-corrected chi connectivity index (χ1v) is 13.7. The molecule has 0 saturated heterocycles. The molecule has 0 radical (unpaired) electrons. The third-order valence-corrected chi connectivity index (χ3v) is 8.45. The van der Waals surface area contributed by atoms with E-state index in [9.17, 15) is 16.8 Å². The second kappa shape index (κ2) is 9.94. The van der Waals surface area contributed by atoms with Crippen LogP contribution in [0.5, 0.6) is 0 Å². The molecule has 3 rings (SSSR count). The highest BCUT2D eigenvalue weighted by molar-refractivity contribution is 7.89. The van der Waals surface area contributed by atoms with Gasteiger partial charge in [0, 0.05) is 49.8 Å². The minimum atomic E-state index is -3.61. The molecule has 3 aromatic rings. The number of aromatic nitrogens is 1. The Morgan fingerprint density at radius 2 is 1.73 bits per heavy atom. The van der Waals surface area contributed by atoms with Gasteiger partial charge in [-0.3, -0.25) is 0 Å². The molecular weight excluding hydrogens is 460 g/mol. The van der Waals surface area contributed by atoms with Gasteiger partial charge in [-0.05, 0) is 42.6 Å². The van der Waals surface area contributed by atoms with Crippen molar-refractivity contribution < 1.29 is 16.8 Å². The zero-order valence-corrected chi connectivity index (χ0v) is 21.3. The van der Waals surface area contributed by atoms with Crippen LogP contribution in [0.2, 0.25) is 0 Å². The quantitative estimate of drug-likeness (QED) is 0.454. The Morgan fingerprint density at radius 1 is 1.03 bits per heavy atom. The SMILES string of the molecule is CNS(=O)(=O)c1ccccc1-c1ccc2c(CCNS(=O)(=O)N(C)C)cn(CC(C)C)c2c1. The molecule has 0 aliphatic rings. The van der Waals surface area contributed by atoms with E-state index in [0.717, 1.165) is 32.9 Å². The number of hydrogen-bond acceptors (Lipinski definition) is 4. The summed E-state index contributed by atoms with van der Waals surface area (Å²) >= 11 is 0. The molecule has 0 bridgehead atoms. The van der Waals surface area contributed by atoms with E-state index in [-0.39, 0.29) is 11.4 Å². The van der Waals surface area contributed by atoms with Crippen molar-refractivity contribution in [2.45, 2.75) is 31.7 Å². The van der Waals surface area contributed by atoms with Gasteiger partial charge in [-0.25, -0.2) is 17.9 Å². The first kappa shape index (κ1) is 25.4. The fraction of sp³-hybridized carbons (Fsp3) is 0.391. The molecule has 33 heavy (non-hydrogen) atoms. The molecule has 8 nitrogen and oxygen atoms in total. The monoisotopic (exact) mass is 492 g/mol. The van der Waals surface area contributed by atoms with Crippen molar-refractivity contribution >= 4 is 31.1 Å². The van der Waals surface area contributed by atoms with Gasteiger partial charge in [0.15, 0.2) is 0 Å². The van der Waals surface area contributed by atoms with Crippen LogP contribution in [0.15, 0.2) is 53.6 Å². The first-order valence-electron chi connectivity index (χ1n) is 10.8. The highest BCUT2D eigenvalue weighted by Crippen LogP contribution is 2.32. The van der Waals surface area contributed by atoms with Crippen molar-refractivity contribution in [2.24, 2.45) is 5.92 Å². The van der Waals surface area contributed by atoms with E-state index in [1.54, 1.807) is 18.2 Å². The van der Waals surface area contributed by atoms with Gasteiger partial charge in [-0.15, -0.1) is 0 Å². The number of rotatable bonds is 10. The van der Waals surface area contributed by atoms with Crippen LogP contribution in [0.25, 0.3) is 22.0 Å². The molecule has 0 saturated carbocycles. The summed E-state index contributed by atoms with van der Waals surface area (Å²) in [4.78, 5) is 0.229. The van der Waals surface area contributed by atoms with Crippen LogP contribution >= 0.6 is 0 Å². The van der Waals surface area contributed by atoms with Gasteiger partial charge < -0.3 is 4.57 Å². The van der Waals surface area contributed by atoms with E-state index in [1.807, 2.05) is 24.3 Å². The summed E-state index contributed by atoms with van der Waals surface area (Å²) in [5.74, 6) is 0.404. The zero-order valence-electron chi connectivity index (χ0n) is 19.7. The maximum absolute atomic E-state index is 12.5. The van der Waals surface area contributed by atoms with Crippen LogP contribution in [0.4, 0.5) is 0 Å². The van der Waals surface area contributed by atoms with Crippen LogP contribution in [0.1, 0.15) is 19.4 Å². The third kappa shape index (κ3) is 5.64. The lowest BCUT2D eigenvalue weighted by Gasteiger charge is -2.12. The number of benzene rings is 2. The second-order valence-corrected chi connectivity index (χ2v) is 12.4. The molecule has 2 aromatic carbocycles. The average molecular weight is 493 g/mol. The van der Waals surface area contributed by atoms with Gasteiger partial charge in [0.1, 0.15) is 0 Å². The van der Waals surface area contributed by atoms with E-state index in [1.165, 1.54) is 21.1 Å². The van der Waals surface area contributed by atoms with Gasteiger partial charge >= 0.3 is 0 Å². The Labute approximate surface area is 196 Å². The molecule has 1 aromatic heterocycles. The molecule has 0 spiro atoms. The van der Waals surface area contributed by atoms with E-state index in [0.29, 0.717) is 17.9 Å². The van der Waals surface area contributed by atoms with Gasteiger partial charge in [-0.1, -0.05) is 44.2 Å². The van der Waals surface area contributed by atoms with Crippen LogP contribution in [0, 0.1) is 5.92 Å². The summed E-state index contributed by atoms with van der Waals surface area (Å²) in [5, 5.41) is 1.03. The standard InChI is InChI=1S/C23H32N4O4S2/c1-17(2)15-27-16-19(12-13-25-33(30,31)26(4)5)20-11-10-18(14-22(20)27)21-8-6-7-9-23(21)32(28,29)24-3/h6-11,14,16-17,24-25H,12-13,15H2,1-5H3. The van der Waals surface area contributed by atoms with Crippen LogP contribution < -0.4 is 9.44 Å². The predicted octanol–water partition coefficient (Wildman–Crippen LogP) is 2.81. The number of sulfonamides is 1. The Bertz CT molecular complexity index is 1340. The van der Waals surface area contributed by atoms with Crippen LogP contribution in [-0.4, -0.2) is 53.4 Å². The van der Waals surface area contributed by atoms with E-state index in [4.69, 9.17) is 0 Å². The molecule has 0 aliphatic heterocycles. The Kier molecular flexibility index (Phi) is 7.65. The Balaban J connectivity index is 2.05. The topological polar surface area (TPSA) is 101 Å². The summed E-state index contributed by atoms with van der Waals surface area (Å²) in [6, 6.07) is 12.8. The fourth-order valence-corrected chi connectivity index (χ4v) is 5.34. The fourth-order valence-electron chi connectivity index (χ4n) is 3.77. The summed E-state index contributed by atoms with van der Waals surface area (Å²) in [6.45, 7) is 5.34. The molecule has 0 atom stereocenters.